The Morgan fingerprint density at radius 3 is 2.47 bits per heavy atom. The number of carbonyl (C=O) groups excluding carboxylic acids is 4. The maximum atomic E-state index is 12.9. The highest BCUT2D eigenvalue weighted by atomic mass is 32.2. The number of thioether (sulfide) groups is 1. The monoisotopic (exact) mass is 479 g/mol. The van der Waals surface area contributed by atoms with Crippen molar-refractivity contribution in [1.82, 2.24) is 9.47 Å². The number of methoxy groups -OCH3 is 1. The number of aryl methyl sites for hydroxylation is 1. The van der Waals surface area contributed by atoms with Crippen LogP contribution in [0.1, 0.15) is 43.6 Å². The molecule has 1 fully saturated rings. The Balaban J connectivity index is 1.57. The summed E-state index contributed by atoms with van der Waals surface area (Å²) in [5.74, 6) is -1.29. The minimum absolute atomic E-state index is 0.00341. The zero-order valence-electron chi connectivity index (χ0n) is 18.7. The molecule has 1 saturated heterocycles. The highest BCUT2D eigenvalue weighted by Gasteiger charge is 2.36. The molecule has 34 heavy (non-hydrogen) atoms. The average molecular weight is 480 g/mol. The van der Waals surface area contributed by atoms with E-state index in [0.29, 0.717) is 11.3 Å². The first kappa shape index (κ1) is 23.1. The van der Waals surface area contributed by atoms with Crippen molar-refractivity contribution in [3.8, 4) is 5.69 Å². The lowest BCUT2D eigenvalue weighted by atomic mass is 10.2. The van der Waals surface area contributed by atoms with Gasteiger partial charge in [0.2, 0.25) is 11.7 Å². The number of esters is 1. The van der Waals surface area contributed by atoms with E-state index in [1.54, 1.807) is 30.3 Å². The number of aromatic nitrogens is 1. The van der Waals surface area contributed by atoms with E-state index in [0.717, 1.165) is 39.3 Å². The molecule has 2 N–H and O–H groups in total. The van der Waals surface area contributed by atoms with E-state index >= 15 is 0 Å². The van der Waals surface area contributed by atoms with Crippen LogP contribution in [0.4, 0.5) is 4.79 Å². The highest BCUT2D eigenvalue weighted by Crippen LogP contribution is 2.35. The number of furan rings is 1. The van der Waals surface area contributed by atoms with Crippen LogP contribution in [-0.2, 0) is 16.1 Å². The summed E-state index contributed by atoms with van der Waals surface area (Å²) < 4.78 is 12.0. The zero-order chi connectivity index (χ0) is 24.6. The van der Waals surface area contributed by atoms with Crippen molar-refractivity contribution in [2.24, 2.45) is 5.73 Å². The summed E-state index contributed by atoms with van der Waals surface area (Å²) in [6.07, 6.45) is 1.68. The van der Waals surface area contributed by atoms with Crippen molar-refractivity contribution < 1.29 is 28.3 Å². The first-order valence-electron chi connectivity index (χ1n) is 10.2. The number of amides is 3. The van der Waals surface area contributed by atoms with Gasteiger partial charge in [-0.2, -0.15) is 0 Å². The minimum atomic E-state index is -0.639. The summed E-state index contributed by atoms with van der Waals surface area (Å²) in [5, 5.41) is -0.428. The number of nitrogens with zero attached hydrogens (tertiary/aromatic N) is 2. The van der Waals surface area contributed by atoms with E-state index in [-0.39, 0.29) is 17.2 Å². The van der Waals surface area contributed by atoms with Gasteiger partial charge in [0.15, 0.2) is 0 Å². The molecule has 0 spiro atoms. The van der Waals surface area contributed by atoms with Gasteiger partial charge in [-0.25, -0.2) is 4.79 Å². The number of nitrogens with two attached hydrogens (primary N) is 1. The molecule has 4 rings (SSSR count). The van der Waals surface area contributed by atoms with Crippen LogP contribution in [0.15, 0.2) is 51.8 Å². The second kappa shape index (κ2) is 9.06. The largest absolute Gasteiger partial charge is 0.463 e. The molecule has 3 heterocycles. The number of ether oxygens (including phenoxy) is 1. The number of benzene rings is 1. The predicted octanol–water partition coefficient (Wildman–Crippen LogP) is 3.81. The minimum Gasteiger partial charge on any atom is -0.463 e. The number of primary amides is 1. The molecule has 174 valence electrons. The fourth-order valence-corrected chi connectivity index (χ4v) is 4.54. The van der Waals surface area contributed by atoms with Gasteiger partial charge in [-0.1, -0.05) is 0 Å². The molecule has 0 aliphatic carbocycles. The van der Waals surface area contributed by atoms with Crippen LogP contribution in [0, 0.1) is 13.8 Å². The van der Waals surface area contributed by atoms with Crippen molar-refractivity contribution in [3.63, 3.8) is 0 Å². The Labute approximate surface area is 199 Å². The number of rotatable bonds is 6. The van der Waals surface area contributed by atoms with Crippen LogP contribution in [-0.4, -0.2) is 39.6 Å². The molecular weight excluding hydrogens is 458 g/mol. The number of imide groups is 1. The first-order valence-corrected chi connectivity index (χ1v) is 11.0. The van der Waals surface area contributed by atoms with Crippen molar-refractivity contribution >= 4 is 40.9 Å². The van der Waals surface area contributed by atoms with Gasteiger partial charge in [0.1, 0.15) is 5.76 Å². The fourth-order valence-electron chi connectivity index (χ4n) is 3.71. The third kappa shape index (κ3) is 4.27. The molecule has 2 aromatic heterocycles. The van der Waals surface area contributed by atoms with E-state index in [4.69, 9.17) is 10.2 Å². The van der Waals surface area contributed by atoms with Gasteiger partial charge in [0.05, 0.1) is 18.6 Å². The summed E-state index contributed by atoms with van der Waals surface area (Å²) in [6.45, 7) is 3.74. The molecule has 3 aromatic rings. The molecule has 3 amide bonds. The van der Waals surface area contributed by atoms with Crippen molar-refractivity contribution in [2.45, 2.75) is 20.4 Å². The van der Waals surface area contributed by atoms with Gasteiger partial charge in [-0.3, -0.25) is 19.3 Å². The SMILES string of the molecule is COC(=O)c1ccc(CN2C(=O)SC(=Cc3cc(C)n(-c4ccc(C(N)=O)cc4)c3C)C2=O)o1. The Morgan fingerprint density at radius 1 is 1.12 bits per heavy atom. The standard InChI is InChI=1S/C24H21N3O6S/c1-13-10-16(14(2)27(13)17-6-4-15(5-7-17)21(25)28)11-20-22(29)26(24(31)34-20)12-18-8-9-19(33-18)23(30)32-3/h4-11H,12H2,1-3H3,(H2,25,28). The van der Waals surface area contributed by atoms with E-state index < -0.39 is 23.0 Å². The Bertz CT molecular complexity index is 1350. The second-order valence-electron chi connectivity index (χ2n) is 7.60. The smallest absolute Gasteiger partial charge is 0.373 e. The molecule has 0 atom stereocenters. The van der Waals surface area contributed by atoms with Crippen LogP contribution in [0.2, 0.25) is 0 Å². The molecule has 0 radical (unpaired) electrons. The topological polar surface area (TPSA) is 125 Å². The molecule has 1 aliphatic heterocycles. The van der Waals surface area contributed by atoms with E-state index in [9.17, 15) is 19.2 Å². The molecule has 0 saturated carbocycles. The van der Waals surface area contributed by atoms with Crippen LogP contribution in [0.25, 0.3) is 11.8 Å². The van der Waals surface area contributed by atoms with Crippen LogP contribution >= 0.6 is 11.8 Å². The summed E-state index contributed by atoms with van der Waals surface area (Å²) in [5.41, 5.74) is 9.14. The Morgan fingerprint density at radius 2 is 1.82 bits per heavy atom. The van der Waals surface area contributed by atoms with Crippen molar-refractivity contribution in [2.75, 3.05) is 7.11 Å². The molecule has 1 aliphatic rings. The van der Waals surface area contributed by atoms with Gasteiger partial charge in [-0.15, -0.1) is 0 Å². The fraction of sp³-hybridized carbons (Fsp3) is 0.167. The highest BCUT2D eigenvalue weighted by molar-refractivity contribution is 8.18. The molecule has 0 bridgehead atoms. The lowest BCUT2D eigenvalue weighted by molar-refractivity contribution is -0.123. The lowest BCUT2D eigenvalue weighted by Crippen LogP contribution is -2.27. The van der Waals surface area contributed by atoms with E-state index in [2.05, 4.69) is 4.74 Å². The molecular formula is C24H21N3O6S. The van der Waals surface area contributed by atoms with Crippen LogP contribution in [0.3, 0.4) is 0 Å². The Hall–Kier alpha value is -4.05. The molecule has 10 heteroatoms. The van der Waals surface area contributed by atoms with Crippen molar-refractivity contribution in [1.29, 1.82) is 0 Å². The normalized spacial score (nSPS) is 14.8. The first-order chi connectivity index (χ1) is 16.2. The van der Waals surface area contributed by atoms with Gasteiger partial charge in [0.25, 0.3) is 11.1 Å². The summed E-state index contributed by atoms with van der Waals surface area (Å²) in [6, 6.07) is 11.8. The summed E-state index contributed by atoms with van der Waals surface area (Å²) in [4.78, 5) is 49.7. The predicted molar refractivity (Wildman–Crippen MR) is 125 cm³/mol. The van der Waals surface area contributed by atoms with Gasteiger partial charge in [-0.05, 0) is 79.7 Å². The molecule has 0 unspecified atom stereocenters. The van der Waals surface area contributed by atoms with E-state index in [1.165, 1.54) is 19.2 Å². The molecule has 9 nitrogen and oxygen atoms in total. The number of carbonyl (C=O) groups is 4. The quantitative estimate of drug-likeness (QED) is 0.421. The maximum Gasteiger partial charge on any atom is 0.373 e. The number of hydrogen-bond donors (Lipinski definition) is 1. The van der Waals surface area contributed by atoms with Gasteiger partial charge in [0, 0.05) is 22.6 Å². The summed E-state index contributed by atoms with van der Waals surface area (Å²) >= 11 is 0.843. The third-order valence-corrected chi connectivity index (χ3v) is 6.31. The zero-order valence-corrected chi connectivity index (χ0v) is 19.5. The number of hydrogen-bond acceptors (Lipinski definition) is 7. The van der Waals surface area contributed by atoms with Gasteiger partial charge >= 0.3 is 5.97 Å². The van der Waals surface area contributed by atoms with Gasteiger partial charge < -0.3 is 19.5 Å². The Kier molecular flexibility index (Phi) is 6.16. The van der Waals surface area contributed by atoms with Crippen molar-refractivity contribution in [3.05, 3.63) is 81.4 Å². The second-order valence-corrected chi connectivity index (χ2v) is 8.59. The van der Waals surface area contributed by atoms with Crippen LogP contribution < -0.4 is 5.73 Å². The van der Waals surface area contributed by atoms with E-state index in [1.807, 2.05) is 24.5 Å². The summed E-state index contributed by atoms with van der Waals surface area (Å²) in [7, 11) is 1.23. The maximum absolute atomic E-state index is 12.9. The lowest BCUT2D eigenvalue weighted by Gasteiger charge is -2.10. The third-order valence-electron chi connectivity index (χ3n) is 5.40. The average Bonchev–Trinajstić information content (AvgIpc) is 3.47. The molecule has 1 aromatic carbocycles. The van der Waals surface area contributed by atoms with Crippen LogP contribution in [0.5, 0.6) is 0 Å².